The summed E-state index contributed by atoms with van der Waals surface area (Å²) >= 11 is 0. The number of piperazine rings is 1. The number of carbonyl (C=O) groups is 1. The highest BCUT2D eigenvalue weighted by atomic mass is 16.5. The van der Waals surface area contributed by atoms with E-state index in [2.05, 4.69) is 36.2 Å². The van der Waals surface area contributed by atoms with Gasteiger partial charge in [0, 0.05) is 11.3 Å². The zero-order valence-electron chi connectivity index (χ0n) is 15.9. The van der Waals surface area contributed by atoms with E-state index in [-0.39, 0.29) is 11.8 Å². The van der Waals surface area contributed by atoms with E-state index in [0.29, 0.717) is 6.54 Å². The molecule has 6 nitrogen and oxygen atoms in total. The maximum absolute atomic E-state index is 11.6. The number of nitrogens with one attached hydrogen (secondary N) is 1. The van der Waals surface area contributed by atoms with Crippen LogP contribution < -0.4 is 10.6 Å². The minimum Gasteiger partial charge on any atom is -0.465 e. The number of likely N-dealkylation sites (N-methyl/N-ethyl adjacent to an activating group) is 1. The minimum atomic E-state index is -0.147. The molecule has 3 N–H and O–H groups in total. The Kier molecular flexibility index (Phi) is 5.46. The first-order chi connectivity index (χ1) is 12.9. The van der Waals surface area contributed by atoms with E-state index < -0.39 is 0 Å². The van der Waals surface area contributed by atoms with Gasteiger partial charge >= 0.3 is 5.97 Å². The first-order valence-corrected chi connectivity index (χ1v) is 9.10. The summed E-state index contributed by atoms with van der Waals surface area (Å²) in [5.74, 6) is -0.0642. The molecule has 27 heavy (non-hydrogen) atoms. The normalized spacial score (nSPS) is 16.0. The number of rotatable bonds is 5. The van der Waals surface area contributed by atoms with E-state index in [1.165, 1.54) is 12.8 Å². The lowest BCUT2D eigenvalue weighted by molar-refractivity contribution is -0.903. The minimum absolute atomic E-state index is 0.0830. The van der Waals surface area contributed by atoms with Crippen LogP contribution in [0.15, 0.2) is 48.5 Å². The largest absolute Gasteiger partial charge is 0.465 e. The summed E-state index contributed by atoms with van der Waals surface area (Å²) in [4.78, 5) is 14.0. The predicted molar refractivity (Wildman–Crippen MR) is 108 cm³/mol. The van der Waals surface area contributed by atoms with Crippen molar-refractivity contribution in [2.45, 2.75) is 0 Å². The Balaban J connectivity index is 1.64. The molecule has 1 saturated heterocycles. The number of methoxy groups -OCH3 is 1. The first-order valence-electron chi connectivity index (χ1n) is 9.10. The molecule has 0 bridgehead atoms. The number of carbonyl (C=O) groups excluding carboxylic acids is 1. The molecule has 0 aliphatic carbocycles. The molecule has 3 rings (SSSR count). The molecule has 1 aliphatic heterocycles. The van der Waals surface area contributed by atoms with Crippen LogP contribution in [0, 0.1) is 5.41 Å². The molecule has 0 aromatic heterocycles. The summed E-state index contributed by atoms with van der Waals surface area (Å²) in [5.41, 5.74) is 9.68. The highest BCUT2D eigenvalue weighted by Crippen LogP contribution is 2.25. The van der Waals surface area contributed by atoms with Crippen LogP contribution in [0.5, 0.6) is 0 Å². The molecule has 142 valence electrons. The number of amidine groups is 1. The first kappa shape index (κ1) is 18.9. The average Bonchev–Trinajstić information content (AvgIpc) is 2.68. The van der Waals surface area contributed by atoms with Crippen molar-refractivity contribution in [1.82, 2.24) is 0 Å². The van der Waals surface area contributed by atoms with Crippen molar-refractivity contribution < 1.29 is 14.0 Å². The van der Waals surface area contributed by atoms with E-state index >= 15 is 0 Å². The van der Waals surface area contributed by atoms with Gasteiger partial charge in [0.2, 0.25) is 0 Å². The Hall–Kier alpha value is -2.86. The second-order valence-corrected chi connectivity index (χ2v) is 7.33. The lowest BCUT2D eigenvalue weighted by Gasteiger charge is -2.42. The van der Waals surface area contributed by atoms with Crippen LogP contribution >= 0.6 is 0 Å². The van der Waals surface area contributed by atoms with E-state index in [9.17, 15) is 4.79 Å². The number of anilines is 1. The Labute approximate surface area is 160 Å². The SMILES string of the molecule is COC(=O)C[N+]1(C)CCN(c2ccc(-c3ccc(C(=N)N)cc3)cc2)CC1. The smallest absolute Gasteiger partial charge is 0.361 e. The number of hydrogen-bond acceptors (Lipinski definition) is 4. The average molecular weight is 367 g/mol. The summed E-state index contributed by atoms with van der Waals surface area (Å²) in [6.45, 7) is 4.10. The van der Waals surface area contributed by atoms with Gasteiger partial charge in [-0.2, -0.15) is 0 Å². The molecule has 0 amide bonds. The van der Waals surface area contributed by atoms with Gasteiger partial charge in [0.25, 0.3) is 0 Å². The van der Waals surface area contributed by atoms with Crippen molar-refractivity contribution in [1.29, 1.82) is 5.41 Å². The number of ether oxygens (including phenoxy) is 1. The Morgan fingerprint density at radius 2 is 1.59 bits per heavy atom. The van der Waals surface area contributed by atoms with Gasteiger partial charge in [-0.25, -0.2) is 4.79 Å². The van der Waals surface area contributed by atoms with Crippen LogP contribution in [0.3, 0.4) is 0 Å². The van der Waals surface area contributed by atoms with E-state index in [1.807, 2.05) is 24.3 Å². The lowest BCUT2D eigenvalue weighted by atomic mass is 10.0. The Bertz CT molecular complexity index is 807. The second-order valence-electron chi connectivity index (χ2n) is 7.33. The van der Waals surface area contributed by atoms with Gasteiger partial charge in [0.15, 0.2) is 6.54 Å². The molecule has 2 aromatic carbocycles. The molecule has 1 aliphatic rings. The lowest BCUT2D eigenvalue weighted by Crippen LogP contribution is -2.59. The van der Waals surface area contributed by atoms with Gasteiger partial charge in [-0.1, -0.05) is 36.4 Å². The fourth-order valence-electron chi connectivity index (χ4n) is 3.45. The van der Waals surface area contributed by atoms with Crippen LogP contribution in [0.2, 0.25) is 0 Å². The molecule has 0 saturated carbocycles. The van der Waals surface area contributed by atoms with Crippen molar-refractivity contribution in [3.8, 4) is 11.1 Å². The third-order valence-electron chi connectivity index (χ3n) is 5.32. The van der Waals surface area contributed by atoms with Gasteiger partial charge in [-0.05, 0) is 23.3 Å². The number of nitrogens with zero attached hydrogens (tertiary/aromatic N) is 2. The fraction of sp³-hybridized carbons (Fsp3) is 0.333. The maximum Gasteiger partial charge on any atom is 0.361 e. The van der Waals surface area contributed by atoms with Crippen molar-refractivity contribution in [2.24, 2.45) is 5.73 Å². The molecule has 0 atom stereocenters. The van der Waals surface area contributed by atoms with Crippen LogP contribution in [0.4, 0.5) is 5.69 Å². The maximum atomic E-state index is 11.6. The predicted octanol–water partition coefficient (Wildman–Crippen LogP) is 2.08. The van der Waals surface area contributed by atoms with Crippen molar-refractivity contribution in [3.05, 3.63) is 54.1 Å². The van der Waals surface area contributed by atoms with Crippen LogP contribution in [0.1, 0.15) is 5.56 Å². The van der Waals surface area contributed by atoms with E-state index in [4.69, 9.17) is 15.9 Å². The van der Waals surface area contributed by atoms with Crippen molar-refractivity contribution >= 4 is 17.5 Å². The highest BCUT2D eigenvalue weighted by Gasteiger charge is 2.31. The fourth-order valence-corrected chi connectivity index (χ4v) is 3.45. The second kappa shape index (κ2) is 7.80. The monoisotopic (exact) mass is 367 g/mol. The third kappa shape index (κ3) is 4.46. The molecule has 1 heterocycles. The van der Waals surface area contributed by atoms with Crippen LogP contribution in [-0.2, 0) is 9.53 Å². The highest BCUT2D eigenvalue weighted by molar-refractivity contribution is 5.95. The zero-order chi connectivity index (χ0) is 19.4. The van der Waals surface area contributed by atoms with Gasteiger partial charge in [0.1, 0.15) is 5.84 Å². The topological polar surface area (TPSA) is 79.4 Å². The Morgan fingerprint density at radius 1 is 1.07 bits per heavy atom. The molecule has 1 fully saturated rings. The number of hydrogen-bond donors (Lipinski definition) is 2. The summed E-state index contributed by atoms with van der Waals surface area (Å²) in [6.07, 6.45) is 0. The van der Waals surface area contributed by atoms with Gasteiger partial charge in [-0.15, -0.1) is 0 Å². The van der Waals surface area contributed by atoms with Crippen LogP contribution in [-0.4, -0.2) is 63.2 Å². The number of nitrogen functional groups attached to an aromatic ring is 1. The van der Waals surface area contributed by atoms with Gasteiger partial charge in [0.05, 0.1) is 40.3 Å². The number of quaternary nitrogens is 1. The van der Waals surface area contributed by atoms with E-state index in [0.717, 1.165) is 47.4 Å². The standard InChI is InChI=1S/C21H27N4O2/c1-25(15-20(26)27-2)13-11-24(12-14-25)19-9-7-17(8-10-19)16-3-5-18(6-4-16)21(22)23/h3-10H,11-15H2,1-2H3,(H3,22,23)/q+1. The van der Waals surface area contributed by atoms with Crippen molar-refractivity contribution in [2.75, 3.05) is 51.8 Å². The number of benzene rings is 2. The Morgan fingerprint density at radius 3 is 2.07 bits per heavy atom. The zero-order valence-corrected chi connectivity index (χ0v) is 15.9. The molecule has 0 radical (unpaired) electrons. The molecule has 0 unspecified atom stereocenters. The van der Waals surface area contributed by atoms with Gasteiger partial charge in [-0.3, -0.25) is 5.41 Å². The molecule has 6 heteroatoms. The number of nitrogens with two attached hydrogens (primary N) is 1. The number of esters is 1. The summed E-state index contributed by atoms with van der Waals surface area (Å²) < 4.78 is 5.54. The quantitative estimate of drug-likeness (QED) is 0.367. The summed E-state index contributed by atoms with van der Waals surface area (Å²) in [7, 11) is 3.56. The third-order valence-corrected chi connectivity index (χ3v) is 5.32. The molecule has 0 spiro atoms. The summed E-state index contributed by atoms with van der Waals surface area (Å²) in [5, 5.41) is 7.47. The molecular formula is C21H27N4O2+. The van der Waals surface area contributed by atoms with Crippen molar-refractivity contribution in [3.63, 3.8) is 0 Å². The van der Waals surface area contributed by atoms with Gasteiger partial charge < -0.3 is 19.9 Å². The van der Waals surface area contributed by atoms with Crippen LogP contribution in [0.25, 0.3) is 11.1 Å². The molecular weight excluding hydrogens is 340 g/mol. The van der Waals surface area contributed by atoms with E-state index in [1.54, 1.807) is 0 Å². The molecule has 2 aromatic rings. The summed E-state index contributed by atoms with van der Waals surface area (Å²) in [6, 6.07) is 16.2.